The fraction of sp³-hybridized carbons (Fsp3) is 0.714. The third kappa shape index (κ3) is 3.90. The number of rotatable bonds is 3. The first-order valence-corrected chi connectivity index (χ1v) is 3.26. The Bertz CT molecular complexity index is 148. The summed E-state index contributed by atoms with van der Waals surface area (Å²) in [5.41, 5.74) is 0. The number of carbonyl (C=O) groups is 1. The van der Waals surface area contributed by atoms with Crippen LogP contribution < -0.4 is 0 Å². The highest BCUT2D eigenvalue weighted by Crippen LogP contribution is 2.00. The number of hydrogen-bond donors (Lipinski definition) is 0. The molecule has 0 bridgehead atoms. The van der Waals surface area contributed by atoms with Crippen molar-refractivity contribution in [1.82, 2.24) is 0 Å². The molecule has 0 aromatic heterocycles. The zero-order valence-corrected chi connectivity index (χ0v) is 6.26. The molecule has 0 aromatic rings. The van der Waals surface area contributed by atoms with Crippen molar-refractivity contribution in [3.05, 3.63) is 0 Å². The Morgan fingerprint density at radius 2 is 2.40 bits per heavy atom. The van der Waals surface area contributed by atoms with Crippen molar-refractivity contribution >= 4 is 5.97 Å². The topological polar surface area (TPSA) is 50.1 Å². The van der Waals surface area contributed by atoms with Gasteiger partial charge in [-0.1, -0.05) is 0 Å². The molecule has 0 aliphatic rings. The first-order chi connectivity index (χ1) is 4.70. The first-order valence-electron chi connectivity index (χ1n) is 3.26. The van der Waals surface area contributed by atoms with Crippen LogP contribution in [0, 0.1) is 17.2 Å². The highest BCUT2D eigenvalue weighted by atomic mass is 16.5. The van der Waals surface area contributed by atoms with Crippen molar-refractivity contribution in [2.24, 2.45) is 5.92 Å². The van der Waals surface area contributed by atoms with Crippen LogP contribution in [0.4, 0.5) is 0 Å². The van der Waals surface area contributed by atoms with Gasteiger partial charge in [0.15, 0.2) is 0 Å². The number of hydrogen-bond acceptors (Lipinski definition) is 3. The lowest BCUT2D eigenvalue weighted by Gasteiger charge is -2.00. The van der Waals surface area contributed by atoms with E-state index in [2.05, 4.69) is 4.74 Å². The monoisotopic (exact) mass is 141 g/mol. The molecule has 3 heteroatoms. The molecule has 10 heavy (non-hydrogen) atoms. The fourth-order valence-corrected chi connectivity index (χ4v) is 0.516. The Labute approximate surface area is 60.6 Å². The zero-order chi connectivity index (χ0) is 7.98. The van der Waals surface area contributed by atoms with Crippen LogP contribution in [0.15, 0.2) is 0 Å². The number of nitriles is 1. The van der Waals surface area contributed by atoms with Crippen molar-refractivity contribution in [3.63, 3.8) is 0 Å². The Hall–Kier alpha value is -1.04. The van der Waals surface area contributed by atoms with Gasteiger partial charge in [-0.15, -0.1) is 0 Å². The minimum atomic E-state index is -0.295. The van der Waals surface area contributed by atoms with Crippen molar-refractivity contribution in [3.8, 4) is 6.07 Å². The van der Waals surface area contributed by atoms with E-state index in [1.807, 2.05) is 6.07 Å². The van der Waals surface area contributed by atoms with E-state index < -0.39 is 0 Å². The van der Waals surface area contributed by atoms with Gasteiger partial charge >= 0.3 is 5.97 Å². The highest BCUT2D eigenvalue weighted by Gasteiger charge is 2.07. The molecule has 0 fully saturated rings. The normalized spacial score (nSPS) is 11.7. The second-order valence-corrected chi connectivity index (χ2v) is 2.04. The second-order valence-electron chi connectivity index (χ2n) is 2.04. The number of esters is 1. The average molecular weight is 141 g/mol. The SMILES string of the molecule is CCOC(=O)C[C@H](C)C#N. The molecule has 0 aliphatic heterocycles. The summed E-state index contributed by atoms with van der Waals surface area (Å²) in [5, 5.41) is 8.29. The van der Waals surface area contributed by atoms with Gasteiger partial charge in [-0.05, 0) is 13.8 Å². The van der Waals surface area contributed by atoms with Crippen LogP contribution in [0.25, 0.3) is 0 Å². The molecule has 0 radical (unpaired) electrons. The van der Waals surface area contributed by atoms with Crippen molar-refractivity contribution in [2.75, 3.05) is 6.61 Å². The van der Waals surface area contributed by atoms with Crippen molar-refractivity contribution < 1.29 is 9.53 Å². The summed E-state index contributed by atoms with van der Waals surface area (Å²) in [7, 11) is 0. The molecule has 0 heterocycles. The summed E-state index contributed by atoms with van der Waals surface area (Å²) in [5.74, 6) is -0.532. The lowest BCUT2D eigenvalue weighted by atomic mass is 10.1. The molecule has 3 nitrogen and oxygen atoms in total. The number of ether oxygens (including phenoxy) is 1. The third-order valence-electron chi connectivity index (χ3n) is 0.999. The van der Waals surface area contributed by atoms with E-state index in [0.717, 1.165) is 0 Å². The molecule has 0 rings (SSSR count). The van der Waals surface area contributed by atoms with Crippen LogP contribution in [-0.4, -0.2) is 12.6 Å². The quantitative estimate of drug-likeness (QED) is 0.553. The van der Waals surface area contributed by atoms with E-state index in [0.29, 0.717) is 6.61 Å². The molecule has 0 spiro atoms. The Kier molecular flexibility index (Phi) is 4.30. The van der Waals surface area contributed by atoms with Gasteiger partial charge in [-0.25, -0.2) is 0 Å². The lowest BCUT2D eigenvalue weighted by molar-refractivity contribution is -0.143. The molecular weight excluding hydrogens is 130 g/mol. The summed E-state index contributed by atoms with van der Waals surface area (Å²) in [6.07, 6.45) is 0.199. The summed E-state index contributed by atoms with van der Waals surface area (Å²) in [6.45, 7) is 3.82. The predicted octanol–water partition coefficient (Wildman–Crippen LogP) is 1.10. The molecule has 56 valence electrons. The zero-order valence-electron chi connectivity index (χ0n) is 6.26. The molecule has 0 amide bonds. The van der Waals surface area contributed by atoms with E-state index >= 15 is 0 Å². The van der Waals surface area contributed by atoms with Gasteiger partial charge < -0.3 is 4.74 Å². The molecule has 0 unspecified atom stereocenters. The minimum absolute atomic E-state index is 0.199. The summed E-state index contributed by atoms with van der Waals surface area (Å²) < 4.78 is 4.62. The maximum atomic E-state index is 10.6. The Morgan fingerprint density at radius 3 is 2.80 bits per heavy atom. The van der Waals surface area contributed by atoms with Gasteiger partial charge in [0.2, 0.25) is 0 Å². The highest BCUT2D eigenvalue weighted by molar-refractivity contribution is 5.69. The summed E-state index contributed by atoms with van der Waals surface area (Å²) >= 11 is 0. The van der Waals surface area contributed by atoms with Gasteiger partial charge in [-0.3, -0.25) is 4.79 Å². The summed E-state index contributed by atoms with van der Waals surface area (Å²) in [4.78, 5) is 10.6. The van der Waals surface area contributed by atoms with Gasteiger partial charge in [0.05, 0.1) is 25.0 Å². The molecule has 0 aromatic carbocycles. The third-order valence-corrected chi connectivity index (χ3v) is 0.999. The van der Waals surface area contributed by atoms with Gasteiger partial charge in [-0.2, -0.15) is 5.26 Å². The molecule has 1 atom stereocenters. The first kappa shape index (κ1) is 8.96. The van der Waals surface area contributed by atoms with Crippen LogP contribution in [0.3, 0.4) is 0 Å². The number of nitrogens with zero attached hydrogens (tertiary/aromatic N) is 1. The van der Waals surface area contributed by atoms with Crippen LogP contribution in [-0.2, 0) is 9.53 Å². The van der Waals surface area contributed by atoms with Crippen molar-refractivity contribution in [2.45, 2.75) is 20.3 Å². The van der Waals surface area contributed by atoms with E-state index in [4.69, 9.17) is 5.26 Å². The van der Waals surface area contributed by atoms with Crippen LogP contribution in [0.1, 0.15) is 20.3 Å². The van der Waals surface area contributed by atoms with Gasteiger partial charge in [0.25, 0.3) is 0 Å². The molecular formula is C7H11NO2. The van der Waals surface area contributed by atoms with Crippen LogP contribution >= 0.6 is 0 Å². The standard InChI is InChI=1S/C7H11NO2/c1-3-10-7(9)4-6(2)5-8/h6H,3-4H2,1-2H3/t6-/m0/s1. The van der Waals surface area contributed by atoms with E-state index in [9.17, 15) is 4.79 Å². The maximum Gasteiger partial charge on any atom is 0.307 e. The molecule has 0 saturated heterocycles. The molecule has 0 aliphatic carbocycles. The van der Waals surface area contributed by atoms with Crippen molar-refractivity contribution in [1.29, 1.82) is 5.26 Å². The Balaban J connectivity index is 3.49. The smallest absolute Gasteiger partial charge is 0.307 e. The average Bonchev–Trinajstić information content (AvgIpc) is 1.88. The van der Waals surface area contributed by atoms with Crippen LogP contribution in [0.2, 0.25) is 0 Å². The molecule has 0 N–H and O–H groups in total. The van der Waals surface area contributed by atoms with Crippen LogP contribution in [0.5, 0.6) is 0 Å². The largest absolute Gasteiger partial charge is 0.466 e. The van der Waals surface area contributed by atoms with E-state index in [1.165, 1.54) is 0 Å². The summed E-state index contributed by atoms with van der Waals surface area (Å²) in [6, 6.07) is 1.95. The van der Waals surface area contributed by atoms with Gasteiger partial charge in [0.1, 0.15) is 0 Å². The Morgan fingerprint density at radius 1 is 1.80 bits per heavy atom. The fourth-order valence-electron chi connectivity index (χ4n) is 0.516. The maximum absolute atomic E-state index is 10.6. The minimum Gasteiger partial charge on any atom is -0.466 e. The molecule has 0 saturated carbocycles. The van der Waals surface area contributed by atoms with E-state index in [1.54, 1.807) is 13.8 Å². The predicted molar refractivity (Wildman–Crippen MR) is 36.0 cm³/mol. The van der Waals surface area contributed by atoms with E-state index in [-0.39, 0.29) is 18.3 Å². The lowest BCUT2D eigenvalue weighted by Crippen LogP contribution is -2.07. The second kappa shape index (κ2) is 4.80. The van der Waals surface area contributed by atoms with Gasteiger partial charge in [0, 0.05) is 0 Å². The number of carbonyl (C=O) groups excluding carboxylic acids is 1.